The van der Waals surface area contributed by atoms with Crippen LogP contribution in [-0.2, 0) is 4.74 Å². The molecule has 1 atom stereocenters. The maximum atomic E-state index is 12.0. The molecule has 1 aromatic rings. The molecule has 1 aromatic carbocycles. The van der Waals surface area contributed by atoms with Crippen molar-refractivity contribution in [3.63, 3.8) is 0 Å². The van der Waals surface area contributed by atoms with E-state index in [0.29, 0.717) is 6.61 Å². The molecule has 96 valence electrons. The van der Waals surface area contributed by atoms with Crippen LogP contribution in [0.1, 0.15) is 12.8 Å². The van der Waals surface area contributed by atoms with Crippen LogP contribution in [0.25, 0.3) is 0 Å². The van der Waals surface area contributed by atoms with Gasteiger partial charge in [-0.05, 0) is 37.6 Å². The summed E-state index contributed by atoms with van der Waals surface area (Å²) in [4.78, 5) is 13.8. The number of rotatable bonds is 1. The largest absolute Gasteiger partial charge is 0.447 e. The Hall–Kier alpha value is -1.07. The number of hydrogen-bond acceptors (Lipinski definition) is 3. The van der Waals surface area contributed by atoms with Gasteiger partial charge in [0.2, 0.25) is 0 Å². The van der Waals surface area contributed by atoms with Crippen molar-refractivity contribution < 1.29 is 9.53 Å². The number of anilines is 1. The smallest absolute Gasteiger partial charge is 0.415 e. The van der Waals surface area contributed by atoms with E-state index in [2.05, 4.69) is 21.2 Å². The Bertz CT molecular complexity index is 472. The normalized spacial score (nSPS) is 27.6. The minimum Gasteiger partial charge on any atom is -0.447 e. The molecule has 3 rings (SSSR count). The zero-order valence-corrected chi connectivity index (χ0v) is 11.6. The van der Waals surface area contributed by atoms with Gasteiger partial charge in [-0.1, -0.05) is 22.0 Å². The molecule has 1 amide bonds. The number of amides is 1. The fourth-order valence-electron chi connectivity index (χ4n) is 2.78. The maximum Gasteiger partial charge on any atom is 0.415 e. The molecule has 2 fully saturated rings. The fraction of sp³-hybridized carbons (Fsp3) is 0.462. The molecule has 0 aromatic heterocycles. The zero-order valence-electron chi connectivity index (χ0n) is 9.99. The van der Waals surface area contributed by atoms with Crippen molar-refractivity contribution in [2.75, 3.05) is 24.6 Å². The topological polar surface area (TPSA) is 41.6 Å². The summed E-state index contributed by atoms with van der Waals surface area (Å²) in [6.45, 7) is 2.29. The monoisotopic (exact) mass is 310 g/mol. The molecule has 1 spiro atoms. The number of nitrogens with one attached hydrogen (secondary N) is 1. The van der Waals surface area contributed by atoms with E-state index >= 15 is 0 Å². The summed E-state index contributed by atoms with van der Waals surface area (Å²) in [5.74, 6) is 0. The highest BCUT2D eigenvalue weighted by molar-refractivity contribution is 9.10. The third kappa shape index (κ3) is 1.91. The molecule has 0 aliphatic carbocycles. The zero-order chi connectivity index (χ0) is 12.6. The van der Waals surface area contributed by atoms with Crippen LogP contribution >= 0.6 is 15.9 Å². The summed E-state index contributed by atoms with van der Waals surface area (Å²) < 4.78 is 6.26. The van der Waals surface area contributed by atoms with Gasteiger partial charge in [-0.15, -0.1) is 0 Å². The molecule has 5 heteroatoms. The Morgan fingerprint density at radius 1 is 1.44 bits per heavy atom. The highest BCUT2D eigenvalue weighted by atomic mass is 79.9. The molecule has 1 N–H and O–H groups in total. The molecular formula is C13H15BrN2O2. The van der Waals surface area contributed by atoms with E-state index in [1.165, 1.54) is 0 Å². The van der Waals surface area contributed by atoms with Gasteiger partial charge in [0, 0.05) is 16.7 Å². The van der Waals surface area contributed by atoms with Crippen molar-refractivity contribution in [2.24, 2.45) is 0 Å². The molecule has 2 saturated heterocycles. The van der Waals surface area contributed by atoms with Crippen LogP contribution in [0.15, 0.2) is 28.7 Å². The van der Waals surface area contributed by atoms with Gasteiger partial charge in [0.1, 0.15) is 6.61 Å². The number of nitrogens with zero attached hydrogens (tertiary/aromatic N) is 1. The molecule has 0 saturated carbocycles. The van der Waals surface area contributed by atoms with Crippen molar-refractivity contribution in [3.05, 3.63) is 28.7 Å². The molecule has 2 heterocycles. The predicted octanol–water partition coefficient (Wildman–Crippen LogP) is 2.53. The SMILES string of the molecule is O=C1OCC2(CCCNC2)N1c1cccc(Br)c1. The summed E-state index contributed by atoms with van der Waals surface area (Å²) in [5.41, 5.74) is 0.687. The van der Waals surface area contributed by atoms with Crippen molar-refractivity contribution in [2.45, 2.75) is 18.4 Å². The summed E-state index contributed by atoms with van der Waals surface area (Å²) in [5, 5.41) is 3.37. The van der Waals surface area contributed by atoms with E-state index in [9.17, 15) is 4.79 Å². The number of piperidine rings is 1. The lowest BCUT2D eigenvalue weighted by molar-refractivity contribution is 0.167. The lowest BCUT2D eigenvalue weighted by atomic mass is 9.89. The van der Waals surface area contributed by atoms with E-state index in [0.717, 1.165) is 36.1 Å². The van der Waals surface area contributed by atoms with E-state index < -0.39 is 0 Å². The Morgan fingerprint density at radius 2 is 2.33 bits per heavy atom. The third-order valence-electron chi connectivity index (χ3n) is 3.64. The van der Waals surface area contributed by atoms with Crippen molar-refractivity contribution in [3.8, 4) is 0 Å². The summed E-state index contributed by atoms with van der Waals surface area (Å²) >= 11 is 3.45. The summed E-state index contributed by atoms with van der Waals surface area (Å²) in [7, 11) is 0. The van der Waals surface area contributed by atoms with Crippen LogP contribution in [0.3, 0.4) is 0 Å². The second-order valence-corrected chi connectivity index (χ2v) is 5.79. The first-order valence-electron chi connectivity index (χ1n) is 6.15. The molecule has 4 nitrogen and oxygen atoms in total. The van der Waals surface area contributed by atoms with Crippen LogP contribution in [0.2, 0.25) is 0 Å². The van der Waals surface area contributed by atoms with Crippen LogP contribution in [-0.4, -0.2) is 31.3 Å². The van der Waals surface area contributed by atoms with Gasteiger partial charge in [-0.25, -0.2) is 4.79 Å². The standard InChI is InChI=1S/C13H15BrN2O2/c14-10-3-1-4-11(7-10)16-12(17)18-9-13(16)5-2-6-15-8-13/h1,3-4,7,15H,2,5-6,8-9H2. The van der Waals surface area contributed by atoms with Gasteiger partial charge in [0.15, 0.2) is 0 Å². The maximum absolute atomic E-state index is 12.0. The minimum atomic E-state index is -0.239. The molecule has 0 radical (unpaired) electrons. The molecule has 2 aliphatic heterocycles. The second-order valence-electron chi connectivity index (χ2n) is 4.87. The van der Waals surface area contributed by atoms with Gasteiger partial charge in [0.05, 0.1) is 5.54 Å². The quantitative estimate of drug-likeness (QED) is 0.866. The number of carbonyl (C=O) groups excluding carboxylic acids is 1. The Labute approximate surface area is 114 Å². The van der Waals surface area contributed by atoms with E-state index in [4.69, 9.17) is 4.74 Å². The first kappa shape index (κ1) is 12.0. The van der Waals surface area contributed by atoms with Crippen molar-refractivity contribution in [1.82, 2.24) is 5.32 Å². The van der Waals surface area contributed by atoms with Gasteiger partial charge in [-0.3, -0.25) is 4.90 Å². The number of benzene rings is 1. The average Bonchev–Trinajstić information content (AvgIpc) is 2.67. The number of carbonyl (C=O) groups is 1. The fourth-order valence-corrected chi connectivity index (χ4v) is 3.17. The molecule has 1 unspecified atom stereocenters. The van der Waals surface area contributed by atoms with Gasteiger partial charge >= 0.3 is 6.09 Å². The van der Waals surface area contributed by atoms with E-state index in [1.54, 1.807) is 0 Å². The molecule has 0 bridgehead atoms. The van der Waals surface area contributed by atoms with Gasteiger partial charge < -0.3 is 10.1 Å². The predicted molar refractivity (Wildman–Crippen MR) is 72.8 cm³/mol. The van der Waals surface area contributed by atoms with Gasteiger partial charge in [0.25, 0.3) is 0 Å². The molecular weight excluding hydrogens is 296 g/mol. The lowest BCUT2D eigenvalue weighted by Crippen LogP contribution is -2.57. The lowest BCUT2D eigenvalue weighted by Gasteiger charge is -2.38. The van der Waals surface area contributed by atoms with Crippen molar-refractivity contribution in [1.29, 1.82) is 0 Å². The Kier molecular flexibility index (Phi) is 3.03. The summed E-state index contributed by atoms with van der Waals surface area (Å²) in [6.07, 6.45) is 1.82. The van der Waals surface area contributed by atoms with Gasteiger partial charge in [-0.2, -0.15) is 0 Å². The molecule has 2 aliphatic rings. The number of hydrogen-bond donors (Lipinski definition) is 1. The number of halogens is 1. The number of cyclic esters (lactones) is 1. The first-order chi connectivity index (χ1) is 8.71. The third-order valence-corrected chi connectivity index (χ3v) is 4.13. The van der Waals surface area contributed by atoms with Crippen LogP contribution in [0.5, 0.6) is 0 Å². The van der Waals surface area contributed by atoms with Crippen LogP contribution < -0.4 is 10.2 Å². The Balaban J connectivity index is 1.99. The van der Waals surface area contributed by atoms with Crippen LogP contribution in [0.4, 0.5) is 10.5 Å². The highest BCUT2D eigenvalue weighted by Crippen LogP contribution is 2.36. The van der Waals surface area contributed by atoms with Crippen molar-refractivity contribution >= 4 is 27.7 Å². The minimum absolute atomic E-state index is 0.212. The first-order valence-corrected chi connectivity index (χ1v) is 6.94. The van der Waals surface area contributed by atoms with E-state index in [-0.39, 0.29) is 11.6 Å². The summed E-state index contributed by atoms with van der Waals surface area (Å²) in [6, 6.07) is 7.81. The van der Waals surface area contributed by atoms with E-state index in [1.807, 2.05) is 29.2 Å². The molecule has 18 heavy (non-hydrogen) atoms. The highest BCUT2D eigenvalue weighted by Gasteiger charge is 2.48. The average molecular weight is 311 g/mol. The second kappa shape index (κ2) is 4.55. The van der Waals surface area contributed by atoms with Crippen LogP contribution in [0, 0.1) is 0 Å². The number of ether oxygens (including phenoxy) is 1. The Morgan fingerprint density at radius 3 is 3.06 bits per heavy atom.